The lowest BCUT2D eigenvalue weighted by molar-refractivity contribution is -0.107. The van der Waals surface area contributed by atoms with E-state index in [0.717, 1.165) is 17.8 Å². The van der Waals surface area contributed by atoms with Crippen LogP contribution in [-0.2, 0) is 4.74 Å². The molecule has 20 heavy (non-hydrogen) atoms. The first-order chi connectivity index (χ1) is 9.83. The van der Waals surface area contributed by atoms with Crippen LogP contribution in [0.15, 0.2) is 0 Å². The summed E-state index contributed by atoms with van der Waals surface area (Å²) in [6.07, 6.45) is 9.39. The zero-order valence-electron chi connectivity index (χ0n) is 12.7. The van der Waals surface area contributed by atoms with Gasteiger partial charge in [0.2, 0.25) is 0 Å². The molecule has 3 saturated heterocycles. The molecule has 3 atom stereocenters. The number of nitrogens with one attached hydrogen (secondary N) is 1. The Labute approximate surface area is 132 Å². The fourth-order valence-corrected chi connectivity index (χ4v) is 7.05. The first kappa shape index (κ1) is 15.5. The minimum absolute atomic E-state index is 0.239. The van der Waals surface area contributed by atoms with Crippen molar-refractivity contribution in [3.8, 4) is 0 Å². The Bertz CT molecular complexity index is 295. The highest BCUT2D eigenvalue weighted by Gasteiger charge is 2.42. The average Bonchev–Trinajstić information content (AvgIpc) is 2.50. The first-order valence-electron chi connectivity index (χ1n) is 8.34. The summed E-state index contributed by atoms with van der Waals surface area (Å²) in [6.45, 7) is 0.991. The van der Waals surface area contributed by atoms with Crippen molar-refractivity contribution >= 4 is 23.5 Å². The van der Waals surface area contributed by atoms with Gasteiger partial charge in [-0.15, -0.1) is 0 Å². The summed E-state index contributed by atoms with van der Waals surface area (Å²) in [7, 11) is 2.18. The van der Waals surface area contributed by atoms with E-state index in [4.69, 9.17) is 4.74 Å². The van der Waals surface area contributed by atoms with Crippen molar-refractivity contribution in [1.82, 2.24) is 5.32 Å². The lowest BCUT2D eigenvalue weighted by atomic mass is 9.77. The van der Waals surface area contributed by atoms with Gasteiger partial charge >= 0.3 is 0 Å². The molecule has 1 N–H and O–H groups in total. The number of thioether (sulfide) groups is 2. The molecule has 0 bridgehead atoms. The zero-order chi connectivity index (χ0) is 13.8. The molecule has 4 heteroatoms. The molecule has 3 rings (SSSR count). The molecule has 3 heterocycles. The molecule has 1 spiro atoms. The highest BCUT2D eigenvalue weighted by molar-refractivity contribution is 8.00. The molecular weight excluding hydrogens is 286 g/mol. The highest BCUT2D eigenvalue weighted by Crippen LogP contribution is 2.43. The lowest BCUT2D eigenvalue weighted by Crippen LogP contribution is -2.51. The van der Waals surface area contributed by atoms with Gasteiger partial charge in [0.25, 0.3) is 0 Å². The van der Waals surface area contributed by atoms with Crippen LogP contribution in [-0.4, -0.2) is 47.8 Å². The molecule has 3 unspecified atom stereocenters. The summed E-state index contributed by atoms with van der Waals surface area (Å²) in [5.41, 5.74) is 0.239. The number of hydrogen-bond donors (Lipinski definition) is 1. The van der Waals surface area contributed by atoms with E-state index in [1.54, 1.807) is 0 Å². The number of hydrogen-bond acceptors (Lipinski definition) is 4. The van der Waals surface area contributed by atoms with E-state index in [1.165, 1.54) is 62.2 Å². The summed E-state index contributed by atoms with van der Waals surface area (Å²) < 4.78 is 6.27. The average molecular weight is 316 g/mol. The third kappa shape index (κ3) is 3.50. The van der Waals surface area contributed by atoms with Gasteiger partial charge in [0.15, 0.2) is 0 Å². The summed E-state index contributed by atoms with van der Waals surface area (Å²) >= 11 is 4.32. The fraction of sp³-hybridized carbons (Fsp3) is 1.00. The van der Waals surface area contributed by atoms with Crippen molar-refractivity contribution in [1.29, 1.82) is 0 Å². The van der Waals surface area contributed by atoms with Crippen LogP contribution in [0.4, 0.5) is 0 Å². The Morgan fingerprint density at radius 3 is 2.70 bits per heavy atom. The molecule has 3 aliphatic heterocycles. The monoisotopic (exact) mass is 315 g/mol. The second kappa shape index (κ2) is 7.26. The molecule has 0 aromatic carbocycles. The van der Waals surface area contributed by atoms with Crippen LogP contribution < -0.4 is 5.32 Å². The molecule has 0 saturated carbocycles. The zero-order valence-corrected chi connectivity index (χ0v) is 14.4. The van der Waals surface area contributed by atoms with Crippen molar-refractivity contribution in [3.05, 3.63) is 0 Å². The van der Waals surface area contributed by atoms with Gasteiger partial charge in [-0.25, -0.2) is 0 Å². The normalized spacial score (nSPS) is 35.9. The molecular formula is C16H29NOS2. The van der Waals surface area contributed by atoms with Crippen molar-refractivity contribution in [2.75, 3.05) is 30.9 Å². The molecule has 3 aliphatic rings. The van der Waals surface area contributed by atoms with E-state index >= 15 is 0 Å². The van der Waals surface area contributed by atoms with Gasteiger partial charge in [-0.05, 0) is 68.7 Å². The predicted octanol–water partition coefficient (Wildman–Crippen LogP) is 3.55. The fourth-order valence-electron chi connectivity index (χ4n) is 4.24. The van der Waals surface area contributed by atoms with Gasteiger partial charge in [-0.2, -0.15) is 23.5 Å². The van der Waals surface area contributed by atoms with Crippen molar-refractivity contribution < 1.29 is 4.74 Å². The Kier molecular flexibility index (Phi) is 5.63. The van der Waals surface area contributed by atoms with E-state index in [9.17, 15) is 0 Å². The van der Waals surface area contributed by atoms with Crippen molar-refractivity contribution in [2.45, 2.75) is 61.8 Å². The molecule has 0 amide bonds. The van der Waals surface area contributed by atoms with Crippen LogP contribution in [0, 0.1) is 5.92 Å². The van der Waals surface area contributed by atoms with Gasteiger partial charge in [0.05, 0.1) is 5.60 Å². The minimum atomic E-state index is 0.239. The van der Waals surface area contributed by atoms with Gasteiger partial charge in [-0.1, -0.05) is 6.42 Å². The summed E-state index contributed by atoms with van der Waals surface area (Å²) in [4.78, 5) is 0. The molecule has 3 fully saturated rings. The Morgan fingerprint density at radius 1 is 1.15 bits per heavy atom. The molecule has 116 valence electrons. The van der Waals surface area contributed by atoms with Crippen LogP contribution in [0.3, 0.4) is 0 Å². The van der Waals surface area contributed by atoms with E-state index in [0.29, 0.717) is 6.04 Å². The Balaban J connectivity index is 1.64. The van der Waals surface area contributed by atoms with Gasteiger partial charge in [-0.3, -0.25) is 0 Å². The molecule has 0 aliphatic carbocycles. The van der Waals surface area contributed by atoms with Crippen LogP contribution in [0.5, 0.6) is 0 Å². The lowest BCUT2D eigenvalue weighted by Gasteiger charge is -2.47. The third-order valence-electron chi connectivity index (χ3n) is 5.39. The smallest absolute Gasteiger partial charge is 0.0701 e. The maximum Gasteiger partial charge on any atom is 0.0701 e. The number of ether oxygens (including phenoxy) is 1. The largest absolute Gasteiger partial charge is 0.375 e. The summed E-state index contributed by atoms with van der Waals surface area (Å²) in [5, 5.41) is 4.52. The standard InChI is InChI=1S/C16H29NOS2/c1-17-15(14-4-2-3-9-20-14)13-5-8-18-16(12-13)6-10-19-11-7-16/h13-15,17H,2-12H2,1H3. The molecule has 0 aromatic rings. The van der Waals surface area contributed by atoms with E-state index < -0.39 is 0 Å². The summed E-state index contributed by atoms with van der Waals surface area (Å²) in [5.74, 6) is 4.80. The quantitative estimate of drug-likeness (QED) is 0.859. The molecule has 0 radical (unpaired) electrons. The minimum Gasteiger partial charge on any atom is -0.375 e. The van der Waals surface area contributed by atoms with Gasteiger partial charge in [0.1, 0.15) is 0 Å². The maximum atomic E-state index is 6.27. The maximum absolute atomic E-state index is 6.27. The number of rotatable bonds is 3. The first-order valence-corrected chi connectivity index (χ1v) is 10.5. The van der Waals surface area contributed by atoms with E-state index in [-0.39, 0.29) is 5.60 Å². The van der Waals surface area contributed by atoms with Gasteiger partial charge in [0, 0.05) is 17.9 Å². The van der Waals surface area contributed by atoms with E-state index in [1.807, 2.05) is 0 Å². The van der Waals surface area contributed by atoms with E-state index in [2.05, 4.69) is 35.9 Å². The van der Waals surface area contributed by atoms with Crippen LogP contribution >= 0.6 is 23.5 Å². The van der Waals surface area contributed by atoms with Crippen molar-refractivity contribution in [3.63, 3.8) is 0 Å². The molecule has 2 nitrogen and oxygen atoms in total. The molecule has 0 aromatic heterocycles. The highest BCUT2D eigenvalue weighted by atomic mass is 32.2. The third-order valence-corrected chi connectivity index (χ3v) is 7.86. The van der Waals surface area contributed by atoms with Crippen molar-refractivity contribution in [2.24, 2.45) is 5.92 Å². The SMILES string of the molecule is CNC(C1CCOC2(CCSCC2)C1)C1CCCCS1. The Morgan fingerprint density at radius 2 is 2.00 bits per heavy atom. The second-order valence-corrected chi connectivity index (χ2v) is 9.19. The predicted molar refractivity (Wildman–Crippen MR) is 90.9 cm³/mol. The second-order valence-electron chi connectivity index (χ2n) is 6.62. The van der Waals surface area contributed by atoms with Crippen LogP contribution in [0.1, 0.15) is 44.9 Å². The summed E-state index contributed by atoms with van der Waals surface area (Å²) in [6, 6.07) is 0.704. The van der Waals surface area contributed by atoms with Crippen LogP contribution in [0.2, 0.25) is 0 Å². The Hall–Kier alpha value is 0.620. The topological polar surface area (TPSA) is 21.3 Å². The van der Waals surface area contributed by atoms with Crippen LogP contribution in [0.25, 0.3) is 0 Å². The van der Waals surface area contributed by atoms with Gasteiger partial charge < -0.3 is 10.1 Å².